The molecule has 8 heteroatoms. The van der Waals surface area contributed by atoms with Crippen molar-refractivity contribution in [2.45, 2.75) is 13.3 Å². The van der Waals surface area contributed by atoms with Crippen molar-refractivity contribution >= 4 is 41.8 Å². The Bertz CT molecular complexity index is 870. The van der Waals surface area contributed by atoms with Gasteiger partial charge in [-0.1, -0.05) is 29.8 Å². The van der Waals surface area contributed by atoms with E-state index in [0.29, 0.717) is 36.7 Å². The molecule has 0 saturated heterocycles. The second-order valence-electron chi connectivity index (χ2n) is 6.58. The van der Waals surface area contributed by atoms with Crippen LogP contribution in [0.25, 0.3) is 0 Å². The Morgan fingerprint density at radius 1 is 0.867 bits per heavy atom. The van der Waals surface area contributed by atoms with E-state index in [1.54, 1.807) is 26.2 Å². The first-order valence-electron chi connectivity index (χ1n) is 9.64. The Kier molecular flexibility index (Phi) is 11.5. The molecule has 0 aromatic heterocycles. The highest BCUT2D eigenvalue weighted by Gasteiger charge is 2.06. The Labute approximate surface area is 195 Å². The number of hydrogen-bond acceptors (Lipinski definition) is 3. The van der Waals surface area contributed by atoms with Crippen molar-refractivity contribution in [2.24, 2.45) is 4.99 Å². The minimum absolute atomic E-state index is 0. The molecule has 2 aromatic carbocycles. The SMILES string of the molecule is CN=C(NCCNC(=O)c1cccc(C)c1)NCCc1cccc(C(=O)NC)c1.I. The van der Waals surface area contributed by atoms with Crippen LogP contribution in [0.4, 0.5) is 0 Å². The molecule has 0 radical (unpaired) electrons. The molecule has 0 spiro atoms. The van der Waals surface area contributed by atoms with Gasteiger partial charge in [0.15, 0.2) is 5.96 Å². The fourth-order valence-corrected chi connectivity index (χ4v) is 2.80. The molecule has 2 rings (SSSR count). The second kappa shape index (κ2) is 13.6. The number of hydrogen-bond donors (Lipinski definition) is 4. The van der Waals surface area contributed by atoms with E-state index in [-0.39, 0.29) is 35.8 Å². The second-order valence-corrected chi connectivity index (χ2v) is 6.58. The number of carbonyl (C=O) groups excluding carboxylic acids is 2. The van der Waals surface area contributed by atoms with E-state index < -0.39 is 0 Å². The van der Waals surface area contributed by atoms with E-state index in [2.05, 4.69) is 26.3 Å². The van der Waals surface area contributed by atoms with E-state index >= 15 is 0 Å². The maximum absolute atomic E-state index is 12.1. The lowest BCUT2D eigenvalue weighted by atomic mass is 10.1. The molecule has 30 heavy (non-hydrogen) atoms. The fraction of sp³-hybridized carbons (Fsp3) is 0.318. The molecule has 0 unspecified atom stereocenters. The largest absolute Gasteiger partial charge is 0.356 e. The number of carbonyl (C=O) groups is 2. The molecule has 0 bridgehead atoms. The van der Waals surface area contributed by atoms with E-state index in [1.165, 1.54) is 0 Å². The highest BCUT2D eigenvalue weighted by Crippen LogP contribution is 2.06. The van der Waals surface area contributed by atoms with Crippen LogP contribution >= 0.6 is 24.0 Å². The molecule has 0 aliphatic heterocycles. The third-order valence-electron chi connectivity index (χ3n) is 4.33. The molecule has 0 atom stereocenters. The van der Waals surface area contributed by atoms with Crippen LogP contribution in [-0.2, 0) is 6.42 Å². The van der Waals surface area contributed by atoms with Crippen LogP contribution in [0.15, 0.2) is 53.5 Å². The quantitative estimate of drug-likeness (QED) is 0.185. The first-order valence-corrected chi connectivity index (χ1v) is 9.64. The van der Waals surface area contributed by atoms with Crippen molar-refractivity contribution in [1.82, 2.24) is 21.3 Å². The van der Waals surface area contributed by atoms with Crippen LogP contribution in [0.5, 0.6) is 0 Å². The lowest BCUT2D eigenvalue weighted by Gasteiger charge is -2.13. The molecular weight excluding hydrogens is 493 g/mol. The summed E-state index contributed by atoms with van der Waals surface area (Å²) in [5, 5.41) is 11.9. The van der Waals surface area contributed by atoms with Crippen molar-refractivity contribution in [3.05, 3.63) is 70.8 Å². The molecule has 0 saturated carbocycles. The molecule has 0 heterocycles. The standard InChI is InChI=1S/C22H29N5O2.HI/c1-16-6-4-8-18(14-16)21(29)25-12-13-27-22(24-3)26-11-10-17-7-5-9-19(15-17)20(28)23-2;/h4-9,14-15H,10-13H2,1-3H3,(H,23,28)(H,25,29)(H2,24,26,27);1H. The number of aryl methyl sites for hydroxylation is 1. The summed E-state index contributed by atoms with van der Waals surface area (Å²) in [6, 6.07) is 15.0. The van der Waals surface area contributed by atoms with E-state index in [4.69, 9.17) is 0 Å². The molecule has 7 nitrogen and oxygen atoms in total. The van der Waals surface area contributed by atoms with Crippen molar-refractivity contribution in [2.75, 3.05) is 33.7 Å². The summed E-state index contributed by atoms with van der Waals surface area (Å²) in [5.41, 5.74) is 3.43. The van der Waals surface area contributed by atoms with Crippen molar-refractivity contribution in [3.63, 3.8) is 0 Å². The predicted octanol–water partition coefficient (Wildman–Crippen LogP) is 2.11. The summed E-state index contributed by atoms with van der Waals surface area (Å²) in [6.45, 7) is 3.68. The zero-order chi connectivity index (χ0) is 21.1. The Morgan fingerprint density at radius 3 is 2.17 bits per heavy atom. The van der Waals surface area contributed by atoms with Gasteiger partial charge in [0.25, 0.3) is 11.8 Å². The molecule has 2 amide bonds. The summed E-state index contributed by atoms with van der Waals surface area (Å²) in [5.74, 6) is 0.483. The first kappa shape index (κ1) is 25.4. The van der Waals surface area contributed by atoms with Crippen molar-refractivity contribution in [3.8, 4) is 0 Å². The molecule has 0 fully saturated rings. The van der Waals surface area contributed by atoms with Gasteiger partial charge in [0, 0.05) is 44.9 Å². The highest BCUT2D eigenvalue weighted by molar-refractivity contribution is 14.0. The molecular formula is C22H30IN5O2. The lowest BCUT2D eigenvalue weighted by Crippen LogP contribution is -2.42. The molecule has 0 aliphatic rings. The van der Waals surface area contributed by atoms with Crippen molar-refractivity contribution in [1.29, 1.82) is 0 Å². The lowest BCUT2D eigenvalue weighted by molar-refractivity contribution is 0.0949. The smallest absolute Gasteiger partial charge is 0.251 e. The van der Waals surface area contributed by atoms with Gasteiger partial charge < -0.3 is 21.3 Å². The van der Waals surface area contributed by atoms with Crippen LogP contribution in [0, 0.1) is 6.92 Å². The average molecular weight is 523 g/mol. The van der Waals surface area contributed by atoms with Gasteiger partial charge in [-0.25, -0.2) is 0 Å². The van der Waals surface area contributed by atoms with Gasteiger partial charge in [-0.15, -0.1) is 24.0 Å². The summed E-state index contributed by atoms with van der Waals surface area (Å²) in [6.07, 6.45) is 0.760. The number of aliphatic imine (C=N–C) groups is 1. The summed E-state index contributed by atoms with van der Waals surface area (Å²) >= 11 is 0. The van der Waals surface area contributed by atoms with Gasteiger partial charge in [0.1, 0.15) is 0 Å². The maximum atomic E-state index is 12.1. The Morgan fingerprint density at radius 2 is 1.50 bits per heavy atom. The zero-order valence-electron chi connectivity index (χ0n) is 17.6. The minimum atomic E-state index is -0.0926. The number of benzene rings is 2. The van der Waals surface area contributed by atoms with Crippen LogP contribution in [0.2, 0.25) is 0 Å². The van der Waals surface area contributed by atoms with Gasteiger partial charge in [0.2, 0.25) is 0 Å². The monoisotopic (exact) mass is 523 g/mol. The average Bonchev–Trinajstić information content (AvgIpc) is 2.74. The number of amides is 2. The van der Waals surface area contributed by atoms with E-state index in [1.807, 2.05) is 43.3 Å². The number of nitrogens with one attached hydrogen (secondary N) is 4. The normalized spacial score (nSPS) is 10.6. The third-order valence-corrected chi connectivity index (χ3v) is 4.33. The van der Waals surface area contributed by atoms with E-state index in [9.17, 15) is 9.59 Å². The number of halogens is 1. The molecule has 2 aromatic rings. The Balaban J connectivity index is 0.00000450. The number of guanidine groups is 1. The van der Waals surface area contributed by atoms with E-state index in [0.717, 1.165) is 17.5 Å². The van der Waals surface area contributed by atoms with Crippen molar-refractivity contribution < 1.29 is 9.59 Å². The van der Waals surface area contributed by atoms with Crippen LogP contribution in [-0.4, -0.2) is 51.5 Å². The Hall–Kier alpha value is -2.62. The van der Waals surface area contributed by atoms with Gasteiger partial charge in [-0.3, -0.25) is 14.6 Å². The van der Waals surface area contributed by atoms with Gasteiger partial charge in [-0.2, -0.15) is 0 Å². The highest BCUT2D eigenvalue weighted by atomic mass is 127. The first-order chi connectivity index (χ1) is 14.0. The number of rotatable bonds is 8. The summed E-state index contributed by atoms with van der Waals surface area (Å²) < 4.78 is 0. The summed E-state index contributed by atoms with van der Waals surface area (Å²) in [7, 11) is 3.32. The minimum Gasteiger partial charge on any atom is -0.356 e. The maximum Gasteiger partial charge on any atom is 0.251 e. The molecule has 162 valence electrons. The van der Waals surface area contributed by atoms with Gasteiger partial charge >= 0.3 is 0 Å². The zero-order valence-corrected chi connectivity index (χ0v) is 19.9. The van der Waals surface area contributed by atoms with Gasteiger partial charge in [-0.05, 0) is 43.2 Å². The molecule has 4 N–H and O–H groups in total. The molecule has 0 aliphatic carbocycles. The van der Waals surface area contributed by atoms with Crippen LogP contribution in [0.3, 0.4) is 0 Å². The fourth-order valence-electron chi connectivity index (χ4n) is 2.80. The summed E-state index contributed by atoms with van der Waals surface area (Å²) in [4.78, 5) is 28.0. The van der Waals surface area contributed by atoms with Crippen LogP contribution in [0.1, 0.15) is 31.8 Å². The van der Waals surface area contributed by atoms with Crippen LogP contribution < -0.4 is 21.3 Å². The number of nitrogens with zero attached hydrogens (tertiary/aromatic N) is 1. The van der Waals surface area contributed by atoms with Gasteiger partial charge in [0.05, 0.1) is 0 Å². The third kappa shape index (κ3) is 8.40. The topological polar surface area (TPSA) is 94.6 Å². The predicted molar refractivity (Wildman–Crippen MR) is 132 cm³/mol.